The summed E-state index contributed by atoms with van der Waals surface area (Å²) in [4.78, 5) is 29.4. The first-order valence-electron chi connectivity index (χ1n) is 14.0. The molecule has 0 saturated carbocycles. The van der Waals surface area contributed by atoms with Crippen LogP contribution in [0.15, 0.2) is 67.0 Å². The van der Waals surface area contributed by atoms with Crippen LogP contribution in [0.1, 0.15) is 37.1 Å². The van der Waals surface area contributed by atoms with Crippen LogP contribution in [-0.2, 0) is 14.6 Å². The van der Waals surface area contributed by atoms with Crippen LogP contribution in [-0.4, -0.2) is 50.7 Å². The SMILES string of the molecule is CCCCC(=O)Nc1cncc(-c2ccc3[nH]nc(-c4nc5c(-c6cc(F)cc(C(N)S(C)(=O)=O)c6)cccc5[nH]4)c3n2)c1. The number of nitrogens with one attached hydrogen (secondary N) is 3. The van der Waals surface area contributed by atoms with Gasteiger partial charge in [0.25, 0.3) is 0 Å². The van der Waals surface area contributed by atoms with Crippen LogP contribution in [0.25, 0.3) is 56.0 Å². The number of unbranched alkanes of at least 4 members (excludes halogenated alkanes) is 1. The van der Waals surface area contributed by atoms with E-state index < -0.39 is 21.0 Å². The third-order valence-corrected chi connectivity index (χ3v) is 8.44. The topological polar surface area (TPSA) is 172 Å². The Labute approximate surface area is 252 Å². The number of nitrogens with two attached hydrogens (primary N) is 1. The average molecular weight is 613 g/mol. The summed E-state index contributed by atoms with van der Waals surface area (Å²) in [6.07, 6.45) is 6.46. The van der Waals surface area contributed by atoms with Crippen molar-refractivity contribution in [3.05, 3.63) is 78.4 Å². The molecule has 0 spiro atoms. The molecular weight excluding hydrogens is 583 g/mol. The fourth-order valence-corrected chi connectivity index (χ4v) is 5.62. The number of benzene rings is 2. The van der Waals surface area contributed by atoms with Crippen LogP contribution in [0, 0.1) is 5.82 Å². The molecule has 1 amide bonds. The summed E-state index contributed by atoms with van der Waals surface area (Å²) < 4.78 is 38.8. The Hall–Kier alpha value is -5.01. The van der Waals surface area contributed by atoms with Crippen molar-refractivity contribution in [3.8, 4) is 33.9 Å². The van der Waals surface area contributed by atoms with Gasteiger partial charge in [-0.2, -0.15) is 5.10 Å². The number of rotatable bonds is 9. The van der Waals surface area contributed by atoms with E-state index in [2.05, 4.69) is 25.5 Å². The molecule has 13 heteroatoms. The molecule has 0 saturated heterocycles. The number of carbonyl (C=O) groups excluding carboxylic acids is 1. The Bertz CT molecular complexity index is 2140. The van der Waals surface area contributed by atoms with Gasteiger partial charge in [0.05, 0.1) is 34.1 Å². The second-order valence-corrected chi connectivity index (χ2v) is 12.8. The number of anilines is 1. The van der Waals surface area contributed by atoms with Crippen LogP contribution in [0.2, 0.25) is 0 Å². The Morgan fingerprint density at radius 3 is 2.66 bits per heavy atom. The van der Waals surface area contributed by atoms with E-state index in [0.717, 1.165) is 25.2 Å². The van der Waals surface area contributed by atoms with Gasteiger partial charge in [-0.25, -0.2) is 22.8 Å². The van der Waals surface area contributed by atoms with E-state index in [4.69, 9.17) is 15.7 Å². The number of aromatic amines is 2. The monoisotopic (exact) mass is 612 g/mol. The lowest BCUT2D eigenvalue weighted by Crippen LogP contribution is -2.20. The molecule has 1 atom stereocenters. The maximum absolute atomic E-state index is 14.7. The first-order chi connectivity index (χ1) is 21.1. The molecule has 0 aliphatic carbocycles. The van der Waals surface area contributed by atoms with E-state index in [9.17, 15) is 17.6 Å². The molecule has 4 heterocycles. The zero-order valence-corrected chi connectivity index (χ0v) is 24.7. The van der Waals surface area contributed by atoms with Crippen molar-refractivity contribution in [3.63, 3.8) is 0 Å². The lowest BCUT2D eigenvalue weighted by molar-refractivity contribution is -0.116. The van der Waals surface area contributed by atoms with Gasteiger partial charge in [-0.05, 0) is 60.0 Å². The molecule has 2 aromatic carbocycles. The zero-order chi connectivity index (χ0) is 31.0. The Balaban J connectivity index is 1.38. The highest BCUT2D eigenvalue weighted by atomic mass is 32.2. The summed E-state index contributed by atoms with van der Waals surface area (Å²) in [6.45, 7) is 2.03. The second kappa shape index (κ2) is 11.6. The van der Waals surface area contributed by atoms with Gasteiger partial charge < -0.3 is 16.0 Å². The van der Waals surface area contributed by atoms with Gasteiger partial charge >= 0.3 is 0 Å². The molecule has 11 nitrogen and oxygen atoms in total. The number of imidazole rings is 1. The van der Waals surface area contributed by atoms with Gasteiger partial charge in [-0.3, -0.25) is 14.9 Å². The number of hydrogen-bond donors (Lipinski definition) is 4. The van der Waals surface area contributed by atoms with Crippen molar-refractivity contribution in [1.29, 1.82) is 0 Å². The van der Waals surface area contributed by atoms with Gasteiger partial charge in [0, 0.05) is 30.0 Å². The van der Waals surface area contributed by atoms with Gasteiger partial charge in [-0.15, -0.1) is 0 Å². The minimum Gasteiger partial charge on any atom is -0.336 e. The molecule has 0 aliphatic heterocycles. The molecule has 0 aliphatic rings. The maximum Gasteiger partial charge on any atom is 0.224 e. The summed E-state index contributed by atoms with van der Waals surface area (Å²) in [5.74, 6) is -0.246. The molecule has 1 unspecified atom stereocenters. The van der Waals surface area contributed by atoms with E-state index in [1.807, 2.05) is 31.2 Å². The van der Waals surface area contributed by atoms with E-state index in [1.54, 1.807) is 30.6 Å². The Kier molecular flexibility index (Phi) is 7.66. The highest BCUT2D eigenvalue weighted by Gasteiger charge is 2.21. The predicted molar refractivity (Wildman–Crippen MR) is 168 cm³/mol. The number of aromatic nitrogens is 6. The van der Waals surface area contributed by atoms with Crippen molar-refractivity contribution < 1.29 is 17.6 Å². The number of sulfone groups is 1. The number of pyridine rings is 2. The second-order valence-electron chi connectivity index (χ2n) is 10.6. The zero-order valence-electron chi connectivity index (χ0n) is 23.9. The fraction of sp³-hybridized carbons (Fsp3) is 0.194. The summed E-state index contributed by atoms with van der Waals surface area (Å²) >= 11 is 0. The van der Waals surface area contributed by atoms with Gasteiger partial charge in [0.2, 0.25) is 5.91 Å². The Morgan fingerprint density at radius 1 is 1.02 bits per heavy atom. The lowest BCUT2D eigenvalue weighted by atomic mass is 10.0. The number of halogens is 1. The molecular formula is C31H29FN8O3S. The highest BCUT2D eigenvalue weighted by molar-refractivity contribution is 7.90. The van der Waals surface area contributed by atoms with Crippen LogP contribution in [0.4, 0.5) is 10.1 Å². The van der Waals surface area contributed by atoms with E-state index in [1.165, 1.54) is 6.07 Å². The lowest BCUT2D eigenvalue weighted by Gasteiger charge is -2.12. The van der Waals surface area contributed by atoms with Crippen LogP contribution in [0.5, 0.6) is 0 Å². The number of hydrogen-bond acceptors (Lipinski definition) is 8. The van der Waals surface area contributed by atoms with Crippen LogP contribution >= 0.6 is 0 Å². The summed E-state index contributed by atoms with van der Waals surface area (Å²) in [5.41, 5.74) is 11.9. The molecule has 224 valence electrons. The van der Waals surface area contributed by atoms with Crippen molar-refractivity contribution in [2.45, 2.75) is 31.6 Å². The average Bonchev–Trinajstić information content (AvgIpc) is 3.62. The molecule has 0 bridgehead atoms. The number of carbonyl (C=O) groups is 1. The minimum atomic E-state index is -3.65. The number of para-hydroxylation sites is 1. The molecule has 44 heavy (non-hydrogen) atoms. The minimum absolute atomic E-state index is 0.0664. The number of nitrogens with zero attached hydrogens (tertiary/aromatic N) is 4. The predicted octanol–water partition coefficient (Wildman–Crippen LogP) is 5.50. The first-order valence-corrected chi connectivity index (χ1v) is 15.9. The Morgan fingerprint density at radius 2 is 1.86 bits per heavy atom. The van der Waals surface area contributed by atoms with Crippen LogP contribution < -0.4 is 11.1 Å². The van der Waals surface area contributed by atoms with Crippen molar-refractivity contribution in [2.24, 2.45) is 5.73 Å². The smallest absolute Gasteiger partial charge is 0.224 e. The normalized spacial score (nSPS) is 12.5. The van der Waals surface area contributed by atoms with Gasteiger partial charge in [-0.1, -0.05) is 25.5 Å². The molecule has 5 N–H and O–H groups in total. The summed E-state index contributed by atoms with van der Waals surface area (Å²) in [7, 11) is -3.65. The highest BCUT2D eigenvalue weighted by Crippen LogP contribution is 2.33. The maximum atomic E-state index is 14.7. The van der Waals surface area contributed by atoms with Gasteiger partial charge in [0.1, 0.15) is 16.7 Å². The van der Waals surface area contributed by atoms with Gasteiger partial charge in [0.15, 0.2) is 21.4 Å². The third kappa shape index (κ3) is 5.79. The molecule has 4 aromatic heterocycles. The van der Waals surface area contributed by atoms with Crippen LogP contribution in [0.3, 0.4) is 0 Å². The van der Waals surface area contributed by atoms with E-state index in [-0.39, 0.29) is 11.5 Å². The van der Waals surface area contributed by atoms with E-state index >= 15 is 0 Å². The molecule has 0 radical (unpaired) electrons. The largest absolute Gasteiger partial charge is 0.336 e. The number of H-pyrrole nitrogens is 2. The molecule has 6 aromatic rings. The van der Waals surface area contributed by atoms with Crippen molar-refractivity contribution in [1.82, 2.24) is 30.1 Å². The first kappa shape index (κ1) is 29.1. The summed E-state index contributed by atoms with van der Waals surface area (Å²) in [6, 6.07) is 14.9. The van der Waals surface area contributed by atoms with E-state index in [0.29, 0.717) is 68.1 Å². The number of amides is 1. The standard InChI is InChI=1S/C31H29FN8O3S/c1-3-4-8-26(41)35-21-14-19(15-34-16-21)23-9-10-25-28(36-23)29(40-39-25)31-37-24-7-5-6-22(27(24)38-31)17-11-18(13-20(32)12-17)30(33)44(2,42)43/h5-7,9-16,30H,3-4,8,33H2,1-2H3,(H,35,41)(H,37,38)(H,39,40). The quantitative estimate of drug-likeness (QED) is 0.166. The fourth-order valence-electron chi connectivity index (χ4n) is 4.99. The third-order valence-electron chi connectivity index (χ3n) is 7.24. The number of fused-ring (bicyclic) bond motifs is 2. The molecule has 0 fully saturated rings. The van der Waals surface area contributed by atoms with Crippen molar-refractivity contribution >= 4 is 43.5 Å². The molecule has 6 rings (SSSR count). The van der Waals surface area contributed by atoms with Crippen molar-refractivity contribution in [2.75, 3.05) is 11.6 Å². The summed E-state index contributed by atoms with van der Waals surface area (Å²) in [5, 5.41) is 8.98.